The van der Waals surface area contributed by atoms with Crippen LogP contribution in [0, 0.1) is 0 Å². The van der Waals surface area contributed by atoms with Crippen LogP contribution in [0.2, 0.25) is 0 Å². The third kappa shape index (κ3) is 2.31. The predicted molar refractivity (Wildman–Crippen MR) is 77.8 cm³/mol. The van der Waals surface area contributed by atoms with E-state index in [0.29, 0.717) is 5.56 Å². The van der Waals surface area contributed by atoms with Crippen LogP contribution in [0.5, 0.6) is 0 Å². The Morgan fingerprint density at radius 2 is 2.00 bits per heavy atom. The van der Waals surface area contributed by atoms with Crippen molar-refractivity contribution in [2.24, 2.45) is 10.9 Å². The molecule has 0 bridgehead atoms. The molecule has 0 aliphatic rings. The van der Waals surface area contributed by atoms with Gasteiger partial charge in [0.2, 0.25) is 0 Å². The summed E-state index contributed by atoms with van der Waals surface area (Å²) < 4.78 is 0. The minimum absolute atomic E-state index is 0.0835. The number of nitrogens with two attached hydrogens (primary N) is 1. The highest BCUT2D eigenvalue weighted by Crippen LogP contribution is 2.29. The van der Waals surface area contributed by atoms with E-state index in [1.807, 2.05) is 24.3 Å². The Hall–Kier alpha value is -2.30. The number of oxime groups is 1. The molecule has 2 aromatic rings. The SMILES string of the molecule is CCN(CC)c1c(/C(N)=N/O)cnc2ccccc12. The number of nitrogens with zero attached hydrogens (tertiary/aromatic N) is 3. The lowest BCUT2D eigenvalue weighted by molar-refractivity contribution is 0.318. The molecule has 2 rings (SSSR count). The molecule has 5 heteroatoms. The molecule has 100 valence electrons. The Morgan fingerprint density at radius 3 is 2.63 bits per heavy atom. The van der Waals surface area contributed by atoms with E-state index in [4.69, 9.17) is 10.9 Å². The molecule has 19 heavy (non-hydrogen) atoms. The maximum atomic E-state index is 8.93. The highest BCUT2D eigenvalue weighted by atomic mass is 16.4. The molecule has 0 spiro atoms. The van der Waals surface area contributed by atoms with Gasteiger partial charge < -0.3 is 15.8 Å². The van der Waals surface area contributed by atoms with Crippen LogP contribution in [-0.2, 0) is 0 Å². The van der Waals surface area contributed by atoms with Crippen LogP contribution >= 0.6 is 0 Å². The van der Waals surface area contributed by atoms with E-state index in [1.54, 1.807) is 6.20 Å². The van der Waals surface area contributed by atoms with E-state index in [1.165, 1.54) is 0 Å². The van der Waals surface area contributed by atoms with E-state index in [0.717, 1.165) is 29.7 Å². The van der Waals surface area contributed by atoms with Gasteiger partial charge in [0.05, 0.1) is 16.8 Å². The van der Waals surface area contributed by atoms with Gasteiger partial charge in [-0.2, -0.15) is 0 Å². The van der Waals surface area contributed by atoms with Gasteiger partial charge in [0.1, 0.15) is 0 Å². The first-order valence-electron chi connectivity index (χ1n) is 6.33. The van der Waals surface area contributed by atoms with E-state index < -0.39 is 0 Å². The largest absolute Gasteiger partial charge is 0.409 e. The topological polar surface area (TPSA) is 74.7 Å². The summed E-state index contributed by atoms with van der Waals surface area (Å²) >= 11 is 0. The Bertz CT molecular complexity index is 605. The highest BCUT2D eigenvalue weighted by Gasteiger charge is 2.16. The number of anilines is 1. The molecule has 0 unspecified atom stereocenters. The monoisotopic (exact) mass is 258 g/mol. The molecule has 3 N–H and O–H groups in total. The van der Waals surface area contributed by atoms with Crippen molar-refractivity contribution in [3.63, 3.8) is 0 Å². The summed E-state index contributed by atoms with van der Waals surface area (Å²) in [5, 5.41) is 13.0. The Kier molecular flexibility index (Phi) is 3.85. The van der Waals surface area contributed by atoms with Gasteiger partial charge >= 0.3 is 0 Å². The zero-order valence-corrected chi connectivity index (χ0v) is 11.2. The van der Waals surface area contributed by atoms with Crippen LogP contribution < -0.4 is 10.6 Å². The zero-order chi connectivity index (χ0) is 13.8. The van der Waals surface area contributed by atoms with Gasteiger partial charge in [-0.15, -0.1) is 0 Å². The number of rotatable bonds is 4. The number of amidine groups is 1. The minimum Gasteiger partial charge on any atom is -0.409 e. The molecular formula is C14H18N4O. The number of pyridine rings is 1. The van der Waals surface area contributed by atoms with Gasteiger partial charge in [-0.3, -0.25) is 4.98 Å². The van der Waals surface area contributed by atoms with Crippen molar-refractivity contribution >= 4 is 22.4 Å². The predicted octanol–water partition coefficient (Wildman–Crippen LogP) is 2.18. The Balaban J connectivity index is 2.78. The molecule has 0 saturated carbocycles. The third-order valence-electron chi connectivity index (χ3n) is 3.21. The van der Waals surface area contributed by atoms with Crippen LogP contribution in [0.4, 0.5) is 5.69 Å². The fourth-order valence-corrected chi connectivity index (χ4v) is 2.25. The van der Waals surface area contributed by atoms with Crippen LogP contribution in [0.1, 0.15) is 19.4 Å². The van der Waals surface area contributed by atoms with Crippen molar-refractivity contribution in [2.45, 2.75) is 13.8 Å². The van der Waals surface area contributed by atoms with Crippen molar-refractivity contribution < 1.29 is 5.21 Å². The van der Waals surface area contributed by atoms with E-state index in [9.17, 15) is 0 Å². The average Bonchev–Trinajstić information content (AvgIpc) is 2.47. The summed E-state index contributed by atoms with van der Waals surface area (Å²) in [4.78, 5) is 6.54. The average molecular weight is 258 g/mol. The number of para-hydroxylation sites is 1. The minimum atomic E-state index is 0.0835. The fourth-order valence-electron chi connectivity index (χ4n) is 2.25. The number of fused-ring (bicyclic) bond motifs is 1. The number of hydrogen-bond acceptors (Lipinski definition) is 4. The van der Waals surface area contributed by atoms with Crippen LogP contribution in [0.3, 0.4) is 0 Å². The summed E-state index contributed by atoms with van der Waals surface area (Å²) in [7, 11) is 0. The lowest BCUT2D eigenvalue weighted by Gasteiger charge is -2.25. The molecule has 0 fully saturated rings. The summed E-state index contributed by atoms with van der Waals surface area (Å²) in [6, 6.07) is 7.88. The smallest absolute Gasteiger partial charge is 0.173 e. The molecule has 0 aliphatic carbocycles. The second kappa shape index (κ2) is 5.56. The summed E-state index contributed by atoms with van der Waals surface area (Å²) in [6.45, 7) is 5.84. The van der Waals surface area contributed by atoms with Crippen molar-refractivity contribution in [3.05, 3.63) is 36.0 Å². The number of aromatic nitrogens is 1. The van der Waals surface area contributed by atoms with E-state index in [2.05, 4.69) is 28.9 Å². The van der Waals surface area contributed by atoms with Gasteiger partial charge in [0, 0.05) is 24.7 Å². The quantitative estimate of drug-likeness (QED) is 0.381. The van der Waals surface area contributed by atoms with Crippen LogP contribution in [-0.4, -0.2) is 29.1 Å². The molecule has 0 atom stereocenters. The highest BCUT2D eigenvalue weighted by molar-refractivity contribution is 6.08. The first kappa shape index (κ1) is 13.1. The molecule has 0 amide bonds. The summed E-state index contributed by atoms with van der Waals surface area (Å²) in [5.41, 5.74) is 8.29. The molecule has 0 aliphatic heterocycles. The van der Waals surface area contributed by atoms with Crippen molar-refractivity contribution in [3.8, 4) is 0 Å². The molecule has 5 nitrogen and oxygen atoms in total. The van der Waals surface area contributed by atoms with Crippen LogP contribution in [0.15, 0.2) is 35.6 Å². The first-order chi connectivity index (χ1) is 9.22. The first-order valence-corrected chi connectivity index (χ1v) is 6.33. The normalized spacial score (nSPS) is 11.8. The van der Waals surface area contributed by atoms with Crippen molar-refractivity contribution in [1.29, 1.82) is 0 Å². The number of hydrogen-bond donors (Lipinski definition) is 2. The second-order valence-corrected chi connectivity index (χ2v) is 4.20. The Morgan fingerprint density at radius 1 is 1.32 bits per heavy atom. The molecular weight excluding hydrogens is 240 g/mol. The Labute approximate surface area is 112 Å². The van der Waals surface area contributed by atoms with E-state index in [-0.39, 0.29) is 5.84 Å². The van der Waals surface area contributed by atoms with Gasteiger partial charge in [0.15, 0.2) is 5.84 Å². The maximum Gasteiger partial charge on any atom is 0.173 e. The molecule has 1 aromatic carbocycles. The molecule has 1 aromatic heterocycles. The third-order valence-corrected chi connectivity index (χ3v) is 3.21. The van der Waals surface area contributed by atoms with Gasteiger partial charge in [0.25, 0.3) is 0 Å². The summed E-state index contributed by atoms with van der Waals surface area (Å²) in [5.74, 6) is 0.0835. The second-order valence-electron chi connectivity index (χ2n) is 4.20. The van der Waals surface area contributed by atoms with Crippen molar-refractivity contribution in [2.75, 3.05) is 18.0 Å². The van der Waals surface area contributed by atoms with Gasteiger partial charge in [-0.05, 0) is 19.9 Å². The van der Waals surface area contributed by atoms with Gasteiger partial charge in [-0.25, -0.2) is 0 Å². The molecule has 1 heterocycles. The maximum absolute atomic E-state index is 8.93. The fraction of sp³-hybridized carbons (Fsp3) is 0.286. The van der Waals surface area contributed by atoms with Crippen LogP contribution in [0.25, 0.3) is 10.9 Å². The lowest BCUT2D eigenvalue weighted by atomic mass is 10.1. The van der Waals surface area contributed by atoms with Gasteiger partial charge in [-0.1, -0.05) is 23.4 Å². The standard InChI is InChI=1S/C14H18N4O/c1-3-18(4-2)13-10-7-5-6-8-12(10)16-9-11(13)14(15)17-19/h5-9,19H,3-4H2,1-2H3,(H2,15,17). The lowest BCUT2D eigenvalue weighted by Crippen LogP contribution is -2.26. The zero-order valence-electron chi connectivity index (χ0n) is 11.2. The van der Waals surface area contributed by atoms with Crippen molar-refractivity contribution in [1.82, 2.24) is 4.98 Å². The van der Waals surface area contributed by atoms with E-state index >= 15 is 0 Å². The number of benzene rings is 1. The molecule has 0 saturated heterocycles. The summed E-state index contributed by atoms with van der Waals surface area (Å²) in [6.07, 6.45) is 1.66. The molecule has 0 radical (unpaired) electrons.